The van der Waals surface area contributed by atoms with Crippen molar-refractivity contribution in [2.45, 2.75) is 64.9 Å². The molecule has 0 heterocycles. The first kappa shape index (κ1) is 22.5. The molecule has 31 heavy (non-hydrogen) atoms. The van der Waals surface area contributed by atoms with Crippen LogP contribution in [0.1, 0.15) is 70.5 Å². The van der Waals surface area contributed by atoms with Crippen LogP contribution in [0, 0.1) is 10.4 Å². The minimum atomic E-state index is -0.922. The second kappa shape index (κ2) is 9.77. The van der Waals surface area contributed by atoms with Crippen molar-refractivity contribution in [2.75, 3.05) is 0 Å². The fraction of sp³-hybridized carbons (Fsp3) is 0.400. The average Bonchev–Trinajstić information content (AvgIpc) is 2.74. The maximum absolute atomic E-state index is 13.2. The lowest BCUT2D eigenvalue weighted by Gasteiger charge is -2.16. The van der Waals surface area contributed by atoms with Crippen molar-refractivity contribution < 1.29 is 9.53 Å². The van der Waals surface area contributed by atoms with E-state index in [0.717, 1.165) is 38.2 Å². The van der Waals surface area contributed by atoms with E-state index in [2.05, 4.69) is 6.92 Å². The molecule has 1 aromatic carbocycles. The minimum Gasteiger partial charge on any atom is -0.458 e. The van der Waals surface area contributed by atoms with E-state index < -0.39 is 44.2 Å². The van der Waals surface area contributed by atoms with Gasteiger partial charge in [0.1, 0.15) is 6.10 Å². The fourth-order valence-corrected chi connectivity index (χ4v) is 4.08. The Labute approximate surface area is 178 Å². The summed E-state index contributed by atoms with van der Waals surface area (Å²) in [5, 5.41) is -0.577. The van der Waals surface area contributed by atoms with Gasteiger partial charge in [-0.2, -0.15) is 0 Å². The van der Waals surface area contributed by atoms with Gasteiger partial charge in [-0.05, 0) is 18.9 Å². The third-order valence-corrected chi connectivity index (χ3v) is 5.62. The largest absolute Gasteiger partial charge is 0.458 e. The van der Waals surface area contributed by atoms with Gasteiger partial charge in [-0.25, -0.2) is 0 Å². The molecule has 0 saturated heterocycles. The molecular formula is C25H26O6. The van der Waals surface area contributed by atoms with Crippen molar-refractivity contribution in [3.63, 3.8) is 0 Å². The molecule has 0 N–H and O–H groups in total. The van der Waals surface area contributed by atoms with E-state index in [1.54, 1.807) is 12.1 Å². The Balaban J connectivity index is 2.12. The Morgan fingerprint density at radius 2 is 1.42 bits per heavy atom. The van der Waals surface area contributed by atoms with E-state index in [4.69, 9.17) is 4.74 Å². The highest BCUT2D eigenvalue weighted by Crippen LogP contribution is 2.22. The lowest BCUT2D eigenvalue weighted by atomic mass is 9.97. The summed E-state index contributed by atoms with van der Waals surface area (Å²) in [4.78, 5) is 63.4. The second-order valence-corrected chi connectivity index (χ2v) is 7.90. The van der Waals surface area contributed by atoms with Crippen molar-refractivity contribution in [1.82, 2.24) is 0 Å². The van der Waals surface area contributed by atoms with Gasteiger partial charge >= 0.3 is 5.97 Å². The molecule has 1 unspecified atom stereocenters. The lowest BCUT2D eigenvalue weighted by molar-refractivity contribution is -0.147. The van der Waals surface area contributed by atoms with Gasteiger partial charge in [0.25, 0.3) is 0 Å². The van der Waals surface area contributed by atoms with Crippen molar-refractivity contribution in [2.24, 2.45) is 0 Å². The molecule has 0 radical (unpaired) electrons. The van der Waals surface area contributed by atoms with E-state index in [9.17, 15) is 24.0 Å². The van der Waals surface area contributed by atoms with Crippen molar-refractivity contribution in [3.05, 3.63) is 87.2 Å². The molecule has 0 saturated carbocycles. The summed E-state index contributed by atoms with van der Waals surface area (Å²) < 4.78 is 5.35. The first-order valence-electron chi connectivity index (χ1n) is 10.8. The molecule has 0 amide bonds. The van der Waals surface area contributed by atoms with Gasteiger partial charge in [0.05, 0.1) is 10.4 Å². The summed E-state index contributed by atoms with van der Waals surface area (Å²) in [5.41, 5.74) is -2.71. The number of carbonyl (C=O) groups excluding carboxylic acids is 1. The number of esters is 1. The van der Waals surface area contributed by atoms with Crippen LogP contribution >= 0.6 is 0 Å². The Kier molecular flexibility index (Phi) is 7.10. The van der Waals surface area contributed by atoms with Gasteiger partial charge in [0.2, 0.25) is 0 Å². The summed E-state index contributed by atoms with van der Waals surface area (Å²) in [6, 6.07) is 7.20. The zero-order valence-electron chi connectivity index (χ0n) is 17.9. The van der Waals surface area contributed by atoms with Crippen LogP contribution in [-0.4, -0.2) is 5.97 Å². The number of benzene rings is 1. The molecule has 2 aliphatic rings. The first-order valence-corrected chi connectivity index (χ1v) is 10.8. The minimum absolute atomic E-state index is 0.0342. The number of carbonyl (C=O) groups is 1. The fourth-order valence-electron chi connectivity index (χ4n) is 4.08. The van der Waals surface area contributed by atoms with Gasteiger partial charge < -0.3 is 4.74 Å². The number of hydrogen-bond acceptors (Lipinski definition) is 6. The quantitative estimate of drug-likeness (QED) is 0.388. The number of ether oxygens (including phenoxy) is 1. The van der Waals surface area contributed by atoms with Crippen molar-refractivity contribution in [1.29, 1.82) is 0 Å². The average molecular weight is 422 g/mol. The molecule has 1 aromatic rings. The van der Waals surface area contributed by atoms with Crippen LogP contribution in [0.2, 0.25) is 0 Å². The normalized spacial score (nSPS) is 12.3. The van der Waals surface area contributed by atoms with Crippen LogP contribution in [0.4, 0.5) is 0 Å². The molecule has 1 atom stereocenters. The first-order chi connectivity index (χ1) is 14.9. The Morgan fingerprint density at radius 1 is 0.839 bits per heavy atom. The topological polar surface area (TPSA) is 94.6 Å². The third-order valence-electron chi connectivity index (χ3n) is 5.62. The van der Waals surface area contributed by atoms with Crippen LogP contribution in [0.15, 0.2) is 49.5 Å². The van der Waals surface area contributed by atoms with Crippen molar-refractivity contribution in [3.8, 4) is 0 Å². The number of fused-ring (bicyclic) bond motifs is 1. The highest BCUT2D eigenvalue weighted by atomic mass is 16.5. The maximum atomic E-state index is 13.2. The SMILES string of the molecule is CCCCCCCCC(OC(C)=O)c1cc(=O)c2c(=O)c3ccccc3c(=O)c=2c1=O. The van der Waals surface area contributed by atoms with Gasteiger partial charge in [-0.3, -0.25) is 24.0 Å². The molecule has 6 nitrogen and oxygen atoms in total. The van der Waals surface area contributed by atoms with E-state index in [1.807, 2.05) is 0 Å². The smallest absolute Gasteiger partial charge is 0.303 e. The predicted octanol–water partition coefficient (Wildman–Crippen LogP) is 3.24. The van der Waals surface area contributed by atoms with Gasteiger partial charge in [0.15, 0.2) is 21.7 Å². The Morgan fingerprint density at radius 3 is 2.03 bits per heavy atom. The predicted molar refractivity (Wildman–Crippen MR) is 119 cm³/mol. The number of hydrogen-bond donors (Lipinski definition) is 0. The van der Waals surface area contributed by atoms with Crippen LogP contribution in [0.3, 0.4) is 0 Å². The second-order valence-electron chi connectivity index (χ2n) is 7.90. The van der Waals surface area contributed by atoms with Crippen LogP contribution in [0.5, 0.6) is 0 Å². The summed E-state index contributed by atoms with van der Waals surface area (Å²) >= 11 is 0. The standard InChI is InChI=1S/C25H26O6/c1-3-4-5-6-7-8-13-20(31-15(2)26)18-14-19(27)21-22(25(18)30)24(29)17-12-10-9-11-16(17)23(21)28/h9-12,14,20H,3-8,13H2,1-2H3. The van der Waals surface area contributed by atoms with E-state index in [0.29, 0.717) is 12.8 Å². The van der Waals surface area contributed by atoms with Gasteiger partial charge in [-0.15, -0.1) is 0 Å². The molecular weight excluding hydrogens is 396 g/mol. The zero-order chi connectivity index (χ0) is 22.5. The van der Waals surface area contributed by atoms with Crippen LogP contribution < -0.4 is 21.7 Å². The van der Waals surface area contributed by atoms with Gasteiger partial charge in [-0.1, -0.05) is 63.3 Å². The molecule has 6 heteroatoms. The highest BCUT2D eigenvalue weighted by Gasteiger charge is 2.22. The Bertz CT molecular complexity index is 1360. The molecule has 3 rings (SSSR count). The number of rotatable bonds is 9. The van der Waals surface area contributed by atoms with E-state index >= 15 is 0 Å². The van der Waals surface area contributed by atoms with Gasteiger partial charge in [0, 0.05) is 23.3 Å². The number of unbranched alkanes of at least 4 members (excludes halogenated alkanes) is 5. The van der Waals surface area contributed by atoms with Crippen LogP contribution in [0.25, 0.3) is 10.8 Å². The van der Waals surface area contributed by atoms with Crippen LogP contribution in [-0.2, 0) is 9.53 Å². The molecule has 0 aliphatic heterocycles. The van der Waals surface area contributed by atoms with E-state index in [-0.39, 0.29) is 16.3 Å². The molecule has 162 valence electrons. The molecule has 2 aliphatic carbocycles. The van der Waals surface area contributed by atoms with Crippen molar-refractivity contribution >= 4 is 16.7 Å². The molecule has 0 fully saturated rings. The summed E-state index contributed by atoms with van der Waals surface area (Å²) in [6.07, 6.45) is 5.50. The highest BCUT2D eigenvalue weighted by molar-refractivity contribution is 5.82. The zero-order valence-corrected chi connectivity index (χ0v) is 17.9. The molecule has 0 spiro atoms. The summed E-state index contributed by atoms with van der Waals surface area (Å²) in [5.74, 6) is -0.576. The third kappa shape index (κ3) is 4.63. The Hall–Kier alpha value is -3.15. The summed E-state index contributed by atoms with van der Waals surface area (Å²) in [6.45, 7) is 3.37. The van der Waals surface area contributed by atoms with E-state index in [1.165, 1.54) is 19.1 Å². The molecule has 0 aromatic heterocycles. The summed E-state index contributed by atoms with van der Waals surface area (Å²) in [7, 11) is 0. The lowest BCUT2D eigenvalue weighted by Crippen LogP contribution is -2.32. The maximum Gasteiger partial charge on any atom is 0.303 e. The monoisotopic (exact) mass is 422 g/mol. The molecule has 0 bridgehead atoms.